The van der Waals surface area contributed by atoms with E-state index in [0.29, 0.717) is 12.2 Å². The summed E-state index contributed by atoms with van der Waals surface area (Å²) in [6.45, 7) is 2.11. The molecule has 2 heteroatoms. The number of allylic oxidation sites excluding steroid dienone is 5. The van der Waals surface area contributed by atoms with E-state index in [9.17, 15) is 4.79 Å². The van der Waals surface area contributed by atoms with E-state index in [0.717, 1.165) is 5.56 Å². The Hall–Kier alpha value is -2.09. The Morgan fingerprint density at radius 1 is 1.22 bits per heavy atom. The molecule has 1 aliphatic rings. The van der Waals surface area contributed by atoms with Gasteiger partial charge in [-0.05, 0) is 12.5 Å². The van der Waals surface area contributed by atoms with E-state index in [-0.39, 0.29) is 11.9 Å². The summed E-state index contributed by atoms with van der Waals surface area (Å²) in [7, 11) is 0. The van der Waals surface area contributed by atoms with Crippen LogP contribution in [0.1, 0.15) is 12.5 Å². The van der Waals surface area contributed by atoms with Gasteiger partial charge < -0.3 is 4.74 Å². The summed E-state index contributed by atoms with van der Waals surface area (Å²) in [5.74, 6) is -0.0400. The fourth-order valence-electron chi connectivity index (χ4n) is 1.75. The lowest BCUT2D eigenvalue weighted by Gasteiger charge is -2.06. The van der Waals surface area contributed by atoms with Crippen LogP contribution in [0, 0.1) is 5.92 Å². The highest BCUT2D eigenvalue weighted by molar-refractivity contribution is 5.87. The number of ether oxygens (including phenoxy) is 1. The molecule has 0 amide bonds. The first-order chi connectivity index (χ1) is 8.75. The van der Waals surface area contributed by atoms with Crippen LogP contribution in [-0.2, 0) is 16.1 Å². The predicted octanol–water partition coefficient (Wildman–Crippen LogP) is 3.42. The van der Waals surface area contributed by atoms with Crippen LogP contribution < -0.4 is 0 Å². The first-order valence-electron chi connectivity index (χ1n) is 6.00. The second kappa shape index (κ2) is 6.01. The van der Waals surface area contributed by atoms with Gasteiger partial charge in [0, 0.05) is 11.5 Å². The lowest BCUT2D eigenvalue weighted by atomic mass is 10.1. The normalized spacial score (nSPS) is 15.1. The summed E-state index contributed by atoms with van der Waals surface area (Å²) >= 11 is 0. The van der Waals surface area contributed by atoms with Crippen molar-refractivity contribution in [2.75, 3.05) is 0 Å². The van der Waals surface area contributed by atoms with Gasteiger partial charge in [0.05, 0.1) is 0 Å². The molecule has 0 bridgehead atoms. The maximum Gasteiger partial charge on any atom is 0.333 e. The third-order valence-electron chi connectivity index (χ3n) is 2.75. The Morgan fingerprint density at radius 3 is 2.56 bits per heavy atom. The van der Waals surface area contributed by atoms with Gasteiger partial charge in [-0.25, -0.2) is 4.79 Å². The molecule has 2 rings (SSSR count). The van der Waals surface area contributed by atoms with Crippen molar-refractivity contribution in [2.45, 2.75) is 13.5 Å². The van der Waals surface area contributed by atoms with E-state index in [1.165, 1.54) is 0 Å². The molecule has 1 aromatic rings. The fraction of sp³-hybridized carbons (Fsp3) is 0.188. The van der Waals surface area contributed by atoms with Gasteiger partial charge in [0.25, 0.3) is 0 Å². The van der Waals surface area contributed by atoms with E-state index in [1.54, 1.807) is 6.92 Å². The number of rotatable bonds is 4. The van der Waals surface area contributed by atoms with Crippen LogP contribution in [0.3, 0.4) is 0 Å². The van der Waals surface area contributed by atoms with Crippen LogP contribution in [0.15, 0.2) is 66.3 Å². The topological polar surface area (TPSA) is 26.3 Å². The number of benzene rings is 1. The lowest BCUT2D eigenvalue weighted by Crippen LogP contribution is -2.06. The van der Waals surface area contributed by atoms with Crippen LogP contribution in [0.5, 0.6) is 0 Å². The molecular formula is C16H16O2. The number of hydrogen-bond acceptors (Lipinski definition) is 2. The summed E-state index contributed by atoms with van der Waals surface area (Å²) < 4.78 is 5.24. The minimum atomic E-state index is -0.257. The van der Waals surface area contributed by atoms with Crippen LogP contribution in [-0.4, -0.2) is 5.97 Å². The summed E-state index contributed by atoms with van der Waals surface area (Å²) in [5.41, 5.74) is 1.64. The van der Waals surface area contributed by atoms with Gasteiger partial charge in [-0.3, -0.25) is 0 Å². The Bertz CT molecular complexity index is 483. The molecule has 0 radical (unpaired) electrons. The zero-order valence-corrected chi connectivity index (χ0v) is 10.4. The summed E-state index contributed by atoms with van der Waals surface area (Å²) in [4.78, 5) is 11.8. The third-order valence-corrected chi connectivity index (χ3v) is 2.75. The second-order valence-corrected chi connectivity index (χ2v) is 4.26. The summed E-state index contributed by atoms with van der Waals surface area (Å²) in [6, 6.07) is 9.68. The third kappa shape index (κ3) is 3.45. The smallest absolute Gasteiger partial charge is 0.333 e. The zero-order valence-electron chi connectivity index (χ0n) is 10.4. The number of hydrogen-bond donors (Lipinski definition) is 0. The van der Waals surface area contributed by atoms with Crippen molar-refractivity contribution in [3.63, 3.8) is 0 Å². The van der Waals surface area contributed by atoms with Gasteiger partial charge in [-0.1, -0.05) is 60.7 Å². The summed E-state index contributed by atoms with van der Waals surface area (Å²) in [5, 5.41) is 0. The maximum absolute atomic E-state index is 11.8. The molecule has 18 heavy (non-hydrogen) atoms. The van der Waals surface area contributed by atoms with Gasteiger partial charge in [0.1, 0.15) is 6.61 Å². The largest absolute Gasteiger partial charge is 0.457 e. The molecule has 0 atom stereocenters. The molecule has 0 saturated heterocycles. The Morgan fingerprint density at radius 2 is 1.89 bits per heavy atom. The van der Waals surface area contributed by atoms with Gasteiger partial charge >= 0.3 is 5.97 Å². The Labute approximate surface area is 107 Å². The molecule has 2 nitrogen and oxygen atoms in total. The number of esters is 1. The van der Waals surface area contributed by atoms with Crippen LogP contribution >= 0.6 is 0 Å². The first-order valence-corrected chi connectivity index (χ1v) is 6.00. The van der Waals surface area contributed by atoms with Gasteiger partial charge in [0.15, 0.2) is 0 Å². The highest BCUT2D eigenvalue weighted by Crippen LogP contribution is 2.13. The molecule has 0 spiro atoms. The van der Waals surface area contributed by atoms with Crippen LogP contribution in [0.4, 0.5) is 0 Å². The van der Waals surface area contributed by atoms with Crippen LogP contribution in [0.25, 0.3) is 0 Å². The molecule has 0 saturated carbocycles. The van der Waals surface area contributed by atoms with Crippen molar-refractivity contribution in [3.05, 3.63) is 71.8 Å². The monoisotopic (exact) mass is 240 g/mol. The van der Waals surface area contributed by atoms with Crippen molar-refractivity contribution in [1.29, 1.82) is 0 Å². The van der Waals surface area contributed by atoms with Crippen molar-refractivity contribution < 1.29 is 9.53 Å². The first kappa shape index (κ1) is 12.4. The highest BCUT2D eigenvalue weighted by atomic mass is 16.5. The molecule has 0 fully saturated rings. The number of carbonyl (C=O) groups excluding carboxylic acids is 1. The minimum Gasteiger partial charge on any atom is -0.457 e. The maximum atomic E-state index is 11.8. The Kier molecular flexibility index (Phi) is 4.13. The Balaban J connectivity index is 1.88. The zero-order chi connectivity index (χ0) is 12.8. The number of carbonyl (C=O) groups is 1. The molecule has 0 unspecified atom stereocenters. The van der Waals surface area contributed by atoms with Crippen molar-refractivity contribution >= 4 is 5.97 Å². The SMILES string of the molecule is CC(=CC1C=CC=C1)C(=O)OCc1ccccc1. The molecular weight excluding hydrogens is 224 g/mol. The molecule has 0 aromatic heterocycles. The molecule has 0 N–H and O–H groups in total. The second-order valence-electron chi connectivity index (χ2n) is 4.26. The average molecular weight is 240 g/mol. The lowest BCUT2D eigenvalue weighted by molar-refractivity contribution is -0.140. The molecule has 1 aromatic carbocycles. The van der Waals surface area contributed by atoms with Crippen molar-refractivity contribution in [1.82, 2.24) is 0 Å². The average Bonchev–Trinajstić information content (AvgIpc) is 2.90. The van der Waals surface area contributed by atoms with Gasteiger partial charge in [-0.2, -0.15) is 0 Å². The quantitative estimate of drug-likeness (QED) is 0.595. The fourth-order valence-corrected chi connectivity index (χ4v) is 1.75. The standard InChI is InChI=1S/C16H16O2/c1-13(11-14-7-5-6-8-14)16(17)18-12-15-9-3-2-4-10-15/h2-11,14H,12H2,1H3. The molecule has 0 aliphatic heterocycles. The van der Waals surface area contributed by atoms with E-state index in [2.05, 4.69) is 0 Å². The van der Waals surface area contributed by atoms with Gasteiger partial charge in [0.2, 0.25) is 0 Å². The van der Waals surface area contributed by atoms with Crippen molar-refractivity contribution in [3.8, 4) is 0 Å². The predicted molar refractivity (Wildman–Crippen MR) is 71.8 cm³/mol. The van der Waals surface area contributed by atoms with E-state index >= 15 is 0 Å². The van der Waals surface area contributed by atoms with Gasteiger partial charge in [-0.15, -0.1) is 0 Å². The van der Waals surface area contributed by atoms with E-state index in [4.69, 9.17) is 4.74 Å². The van der Waals surface area contributed by atoms with Crippen molar-refractivity contribution in [2.24, 2.45) is 5.92 Å². The van der Waals surface area contributed by atoms with E-state index in [1.807, 2.05) is 60.7 Å². The summed E-state index contributed by atoms with van der Waals surface area (Å²) in [6.07, 6.45) is 9.93. The van der Waals surface area contributed by atoms with E-state index < -0.39 is 0 Å². The molecule has 0 heterocycles. The minimum absolute atomic E-state index is 0.217. The highest BCUT2D eigenvalue weighted by Gasteiger charge is 2.08. The van der Waals surface area contributed by atoms with Crippen LogP contribution in [0.2, 0.25) is 0 Å². The molecule has 1 aliphatic carbocycles. The molecule has 92 valence electrons.